The summed E-state index contributed by atoms with van der Waals surface area (Å²) < 4.78 is 20.2. The molecule has 1 saturated heterocycles. The lowest BCUT2D eigenvalue weighted by Gasteiger charge is -2.22. The van der Waals surface area contributed by atoms with Crippen LogP contribution in [0, 0.1) is 5.82 Å². The number of ether oxygens (including phenoxy) is 1. The van der Waals surface area contributed by atoms with Gasteiger partial charge in [-0.05, 0) is 56.3 Å². The maximum atomic E-state index is 12.9. The topological polar surface area (TPSA) is 94.0 Å². The van der Waals surface area contributed by atoms with Crippen molar-refractivity contribution in [1.29, 1.82) is 0 Å². The molecule has 1 aliphatic heterocycles. The first kappa shape index (κ1) is 23.5. The van der Waals surface area contributed by atoms with Crippen molar-refractivity contribution < 1.29 is 13.9 Å². The Balaban J connectivity index is 0.00000160. The largest absolute Gasteiger partial charge is 0.439 e. The van der Waals surface area contributed by atoms with Crippen LogP contribution in [0.25, 0.3) is 0 Å². The standard InChI is InChI=1S/C19H19FN6O2.2ClH/c20-13-1-4-16(5-2-13)28-18-6-3-14(11-22-18)23-19(27)17-12-26(25-24-17)15-7-9-21-10-8-15;;/h1-6,11-12,15,21H,7-10H2,(H,23,27);2*1H. The van der Waals surface area contributed by atoms with Crippen LogP contribution in [0.15, 0.2) is 48.8 Å². The summed E-state index contributed by atoms with van der Waals surface area (Å²) in [6, 6.07) is 9.18. The number of anilines is 1. The van der Waals surface area contributed by atoms with Gasteiger partial charge in [-0.2, -0.15) is 0 Å². The van der Waals surface area contributed by atoms with Crippen LogP contribution in [0.2, 0.25) is 0 Å². The summed E-state index contributed by atoms with van der Waals surface area (Å²) in [5, 5.41) is 14.1. The number of halogens is 3. The van der Waals surface area contributed by atoms with E-state index in [1.807, 2.05) is 0 Å². The van der Waals surface area contributed by atoms with Crippen LogP contribution in [-0.4, -0.2) is 39.0 Å². The van der Waals surface area contributed by atoms with E-state index in [0.29, 0.717) is 17.3 Å². The number of benzene rings is 1. The zero-order valence-corrected chi connectivity index (χ0v) is 17.5. The first-order chi connectivity index (χ1) is 13.7. The second kappa shape index (κ2) is 10.9. The molecule has 2 aromatic heterocycles. The molecule has 0 unspecified atom stereocenters. The highest BCUT2D eigenvalue weighted by Crippen LogP contribution is 2.21. The second-order valence-corrected chi connectivity index (χ2v) is 6.46. The minimum atomic E-state index is -0.353. The van der Waals surface area contributed by atoms with E-state index >= 15 is 0 Å². The molecule has 1 amide bonds. The van der Waals surface area contributed by atoms with E-state index in [2.05, 4.69) is 25.9 Å². The average Bonchev–Trinajstić information content (AvgIpc) is 3.22. The Hall–Kier alpha value is -2.75. The van der Waals surface area contributed by atoms with E-state index < -0.39 is 0 Å². The molecule has 160 valence electrons. The second-order valence-electron chi connectivity index (χ2n) is 6.46. The van der Waals surface area contributed by atoms with Crippen LogP contribution in [0.1, 0.15) is 29.4 Å². The number of carbonyl (C=O) groups excluding carboxylic acids is 1. The van der Waals surface area contributed by atoms with Gasteiger partial charge < -0.3 is 15.4 Å². The molecule has 30 heavy (non-hydrogen) atoms. The molecule has 2 N–H and O–H groups in total. The zero-order valence-electron chi connectivity index (χ0n) is 15.8. The third kappa shape index (κ3) is 5.88. The molecule has 8 nitrogen and oxygen atoms in total. The number of amides is 1. The van der Waals surface area contributed by atoms with Gasteiger partial charge in [-0.1, -0.05) is 5.21 Å². The highest BCUT2D eigenvalue weighted by molar-refractivity contribution is 6.02. The SMILES string of the molecule is Cl.Cl.O=C(Nc1ccc(Oc2ccc(F)cc2)nc1)c1cn(C2CCNCC2)nn1. The van der Waals surface area contributed by atoms with Gasteiger partial charge >= 0.3 is 0 Å². The van der Waals surface area contributed by atoms with Crippen molar-refractivity contribution in [2.45, 2.75) is 18.9 Å². The first-order valence-corrected chi connectivity index (χ1v) is 9.01. The number of pyridine rings is 1. The lowest BCUT2D eigenvalue weighted by Crippen LogP contribution is -2.29. The van der Waals surface area contributed by atoms with Gasteiger partial charge in [0, 0.05) is 6.07 Å². The lowest BCUT2D eigenvalue weighted by atomic mass is 10.1. The van der Waals surface area contributed by atoms with E-state index in [1.54, 1.807) is 23.0 Å². The highest BCUT2D eigenvalue weighted by Gasteiger charge is 2.18. The summed E-state index contributed by atoms with van der Waals surface area (Å²) in [7, 11) is 0. The van der Waals surface area contributed by atoms with Crippen LogP contribution < -0.4 is 15.4 Å². The monoisotopic (exact) mass is 454 g/mol. The first-order valence-electron chi connectivity index (χ1n) is 9.01. The molecule has 1 aromatic carbocycles. The number of hydrogen-bond acceptors (Lipinski definition) is 6. The molecular weight excluding hydrogens is 434 g/mol. The molecule has 3 heterocycles. The Morgan fingerprint density at radius 1 is 1.13 bits per heavy atom. The number of piperidine rings is 1. The van der Waals surface area contributed by atoms with Crippen LogP contribution in [0.5, 0.6) is 11.6 Å². The quantitative estimate of drug-likeness (QED) is 0.611. The molecule has 3 aromatic rings. The summed E-state index contributed by atoms with van der Waals surface area (Å²) in [4.78, 5) is 16.5. The van der Waals surface area contributed by atoms with Crippen LogP contribution in [0.3, 0.4) is 0 Å². The predicted octanol–water partition coefficient (Wildman–Crippen LogP) is 3.62. The normalized spacial score (nSPS) is 13.6. The van der Waals surface area contributed by atoms with Gasteiger partial charge in [0.2, 0.25) is 5.88 Å². The molecule has 0 saturated carbocycles. The van der Waals surface area contributed by atoms with Gasteiger partial charge in [0.05, 0.1) is 24.1 Å². The molecule has 0 atom stereocenters. The summed E-state index contributed by atoms with van der Waals surface area (Å²) in [5.74, 6) is 0.117. The number of rotatable bonds is 5. The van der Waals surface area contributed by atoms with Crippen LogP contribution >= 0.6 is 24.8 Å². The smallest absolute Gasteiger partial charge is 0.277 e. The molecule has 1 fully saturated rings. The molecule has 0 bridgehead atoms. The summed E-state index contributed by atoms with van der Waals surface area (Å²) in [5.41, 5.74) is 0.762. The van der Waals surface area contributed by atoms with E-state index in [0.717, 1.165) is 25.9 Å². The Kier molecular flexibility index (Phi) is 8.52. The van der Waals surface area contributed by atoms with Crippen molar-refractivity contribution in [2.75, 3.05) is 18.4 Å². The molecule has 0 spiro atoms. The minimum absolute atomic E-state index is 0. The summed E-state index contributed by atoms with van der Waals surface area (Å²) in [6.45, 7) is 1.87. The van der Waals surface area contributed by atoms with Crippen molar-refractivity contribution in [3.05, 3.63) is 60.3 Å². The maximum Gasteiger partial charge on any atom is 0.277 e. The van der Waals surface area contributed by atoms with Crippen LogP contribution in [0.4, 0.5) is 10.1 Å². The van der Waals surface area contributed by atoms with Gasteiger partial charge in [0.25, 0.3) is 5.91 Å². The Morgan fingerprint density at radius 2 is 1.87 bits per heavy atom. The average molecular weight is 455 g/mol. The Bertz CT molecular complexity index is 946. The highest BCUT2D eigenvalue weighted by atomic mass is 35.5. The number of nitrogens with zero attached hydrogens (tertiary/aromatic N) is 4. The summed E-state index contributed by atoms with van der Waals surface area (Å²) in [6.07, 6.45) is 5.08. The fraction of sp³-hybridized carbons (Fsp3) is 0.263. The van der Waals surface area contributed by atoms with E-state index in [1.165, 1.54) is 30.5 Å². The molecule has 0 aliphatic carbocycles. The molecule has 4 rings (SSSR count). The van der Waals surface area contributed by atoms with Gasteiger partial charge in [0.1, 0.15) is 11.6 Å². The fourth-order valence-corrected chi connectivity index (χ4v) is 2.96. The van der Waals surface area contributed by atoms with Crippen molar-refractivity contribution in [3.63, 3.8) is 0 Å². The number of carbonyl (C=O) groups is 1. The van der Waals surface area contributed by atoms with Crippen molar-refractivity contribution >= 4 is 36.4 Å². The third-order valence-electron chi connectivity index (χ3n) is 4.46. The Morgan fingerprint density at radius 3 is 2.53 bits per heavy atom. The maximum absolute atomic E-state index is 12.9. The van der Waals surface area contributed by atoms with E-state index in [4.69, 9.17) is 4.74 Å². The van der Waals surface area contributed by atoms with Crippen molar-refractivity contribution in [1.82, 2.24) is 25.3 Å². The van der Waals surface area contributed by atoms with E-state index in [-0.39, 0.29) is 48.3 Å². The molecular formula is C19H21Cl2FN6O2. The molecule has 1 aliphatic rings. The molecule has 0 radical (unpaired) electrons. The van der Waals surface area contributed by atoms with Crippen molar-refractivity contribution in [3.8, 4) is 11.6 Å². The number of hydrogen-bond donors (Lipinski definition) is 2. The van der Waals surface area contributed by atoms with E-state index in [9.17, 15) is 9.18 Å². The van der Waals surface area contributed by atoms with Gasteiger partial charge in [-0.25, -0.2) is 14.1 Å². The predicted molar refractivity (Wildman–Crippen MR) is 114 cm³/mol. The lowest BCUT2D eigenvalue weighted by molar-refractivity contribution is 0.102. The number of nitrogens with one attached hydrogen (secondary N) is 2. The van der Waals surface area contributed by atoms with Gasteiger partial charge in [-0.3, -0.25) is 4.79 Å². The molecule has 11 heteroatoms. The third-order valence-corrected chi connectivity index (χ3v) is 4.46. The Labute approximate surface area is 185 Å². The van der Waals surface area contributed by atoms with Crippen molar-refractivity contribution in [2.24, 2.45) is 0 Å². The fourth-order valence-electron chi connectivity index (χ4n) is 2.96. The minimum Gasteiger partial charge on any atom is -0.439 e. The van der Waals surface area contributed by atoms with Gasteiger partial charge in [-0.15, -0.1) is 29.9 Å². The number of aromatic nitrogens is 4. The zero-order chi connectivity index (χ0) is 19.3. The van der Waals surface area contributed by atoms with Gasteiger partial charge in [0.15, 0.2) is 5.69 Å². The summed E-state index contributed by atoms with van der Waals surface area (Å²) >= 11 is 0. The van der Waals surface area contributed by atoms with Crippen LogP contribution in [-0.2, 0) is 0 Å².